The Hall–Kier alpha value is -3.55. The molecule has 0 fully saturated rings. The zero-order valence-electron chi connectivity index (χ0n) is 16.8. The van der Waals surface area contributed by atoms with Gasteiger partial charge in [-0.1, -0.05) is 38.3 Å². The number of nitrogens with one attached hydrogen (secondary N) is 2. The minimum atomic E-state index is -0.636. The normalized spacial score (nSPS) is 10.7. The lowest BCUT2D eigenvalue weighted by Gasteiger charge is -2.09. The number of nitrogens with zero attached hydrogens (tertiary/aromatic N) is 1. The molecule has 1 heterocycles. The fourth-order valence-corrected chi connectivity index (χ4v) is 2.97. The van der Waals surface area contributed by atoms with Gasteiger partial charge in [0, 0.05) is 5.56 Å². The molecule has 8 nitrogen and oxygen atoms in total. The summed E-state index contributed by atoms with van der Waals surface area (Å²) in [5.41, 5.74) is 5.93. The molecule has 3 aromatic rings. The van der Waals surface area contributed by atoms with Gasteiger partial charge in [-0.05, 0) is 42.8 Å². The number of hydrogen-bond acceptors (Lipinski definition) is 5. The molecule has 0 saturated carbocycles. The Labute approximate surface area is 173 Å². The summed E-state index contributed by atoms with van der Waals surface area (Å²) >= 11 is 0. The lowest BCUT2D eigenvalue weighted by molar-refractivity contribution is -0.122. The van der Waals surface area contributed by atoms with Crippen molar-refractivity contribution in [3.63, 3.8) is 0 Å². The molecule has 3 rings (SSSR count). The molecule has 0 aliphatic heterocycles. The van der Waals surface area contributed by atoms with E-state index in [0.717, 1.165) is 12.8 Å². The van der Waals surface area contributed by atoms with E-state index in [9.17, 15) is 14.4 Å². The third kappa shape index (κ3) is 5.50. The predicted molar refractivity (Wildman–Crippen MR) is 112 cm³/mol. The van der Waals surface area contributed by atoms with Crippen molar-refractivity contribution in [2.75, 3.05) is 6.61 Å². The van der Waals surface area contributed by atoms with Gasteiger partial charge >= 0.3 is 5.76 Å². The second-order valence-electron chi connectivity index (χ2n) is 6.86. The van der Waals surface area contributed by atoms with Crippen LogP contribution in [-0.2, 0) is 11.3 Å². The molecule has 0 radical (unpaired) electrons. The second-order valence-corrected chi connectivity index (χ2v) is 6.86. The van der Waals surface area contributed by atoms with Crippen LogP contribution in [0.5, 0.6) is 5.75 Å². The van der Waals surface area contributed by atoms with E-state index >= 15 is 0 Å². The highest BCUT2D eigenvalue weighted by molar-refractivity contribution is 5.95. The Balaban J connectivity index is 1.48. The summed E-state index contributed by atoms with van der Waals surface area (Å²) in [5.74, 6) is -0.965. The van der Waals surface area contributed by atoms with Gasteiger partial charge in [0.05, 0.1) is 12.1 Å². The fourth-order valence-electron chi connectivity index (χ4n) is 2.97. The third-order valence-corrected chi connectivity index (χ3v) is 4.57. The Morgan fingerprint density at radius 3 is 2.53 bits per heavy atom. The maximum absolute atomic E-state index is 12.2. The van der Waals surface area contributed by atoms with E-state index in [-0.39, 0.29) is 6.54 Å². The van der Waals surface area contributed by atoms with Crippen LogP contribution in [0.4, 0.5) is 0 Å². The molecule has 8 heteroatoms. The first-order chi connectivity index (χ1) is 14.6. The highest BCUT2D eigenvalue weighted by Gasteiger charge is 2.13. The van der Waals surface area contributed by atoms with Gasteiger partial charge in [-0.3, -0.25) is 25.0 Å². The minimum absolute atomic E-state index is 0.277. The highest BCUT2D eigenvalue weighted by atomic mass is 16.5. The molecule has 1 aromatic heterocycles. The number of carbonyl (C=O) groups excluding carboxylic acids is 2. The van der Waals surface area contributed by atoms with E-state index in [1.54, 1.807) is 48.5 Å². The quantitative estimate of drug-likeness (QED) is 0.416. The number of hydrogen-bond donors (Lipinski definition) is 2. The van der Waals surface area contributed by atoms with Gasteiger partial charge in [-0.2, -0.15) is 0 Å². The Kier molecular flexibility index (Phi) is 7.26. The number of oxazole rings is 1. The van der Waals surface area contributed by atoms with Crippen LogP contribution in [0.2, 0.25) is 0 Å². The van der Waals surface area contributed by atoms with Gasteiger partial charge in [-0.25, -0.2) is 4.79 Å². The van der Waals surface area contributed by atoms with Crippen LogP contribution in [0.15, 0.2) is 57.7 Å². The predicted octanol–water partition coefficient (Wildman–Crippen LogP) is 3.01. The van der Waals surface area contributed by atoms with Crippen LogP contribution in [0.1, 0.15) is 43.0 Å². The first-order valence-electron chi connectivity index (χ1n) is 9.99. The van der Waals surface area contributed by atoms with Crippen molar-refractivity contribution in [2.45, 2.75) is 39.2 Å². The molecule has 2 N–H and O–H groups in total. The number of carbonyl (C=O) groups is 2. The molecule has 0 spiro atoms. The SMILES string of the molecule is CCCCCCOc1ccc(C(=O)NNC(=O)Cn2c(=O)oc3ccccc32)cc1. The van der Waals surface area contributed by atoms with Crippen molar-refractivity contribution < 1.29 is 18.7 Å². The largest absolute Gasteiger partial charge is 0.494 e. The van der Waals surface area contributed by atoms with Crippen molar-refractivity contribution in [2.24, 2.45) is 0 Å². The summed E-state index contributed by atoms with van der Waals surface area (Å²) in [5, 5.41) is 0. The van der Waals surface area contributed by atoms with Crippen molar-refractivity contribution in [3.05, 3.63) is 64.6 Å². The smallest absolute Gasteiger partial charge is 0.420 e. The molecule has 2 amide bonds. The molecule has 0 aliphatic carbocycles. The van der Waals surface area contributed by atoms with Crippen molar-refractivity contribution in [1.29, 1.82) is 0 Å². The zero-order chi connectivity index (χ0) is 21.3. The number of ether oxygens (including phenoxy) is 1. The van der Waals surface area contributed by atoms with Crippen LogP contribution in [0, 0.1) is 0 Å². The summed E-state index contributed by atoms with van der Waals surface area (Å²) in [6.45, 7) is 2.52. The number of fused-ring (bicyclic) bond motifs is 1. The minimum Gasteiger partial charge on any atom is -0.494 e. The topological polar surface area (TPSA) is 103 Å². The maximum atomic E-state index is 12.2. The van der Waals surface area contributed by atoms with E-state index < -0.39 is 17.6 Å². The standard InChI is InChI=1S/C22H25N3O5/c1-2-3-4-7-14-29-17-12-10-16(11-13-17)21(27)24-23-20(26)15-25-18-8-5-6-9-19(18)30-22(25)28/h5-6,8-13H,2-4,7,14-15H2,1H3,(H,23,26)(H,24,27). The first kappa shape index (κ1) is 21.2. The Morgan fingerprint density at radius 2 is 1.77 bits per heavy atom. The second kappa shape index (κ2) is 10.3. The number of hydrazine groups is 1. The summed E-state index contributed by atoms with van der Waals surface area (Å²) in [7, 11) is 0. The fraction of sp³-hybridized carbons (Fsp3) is 0.318. The number of rotatable bonds is 9. The maximum Gasteiger partial charge on any atom is 0.420 e. The molecular formula is C22H25N3O5. The average molecular weight is 411 g/mol. The molecular weight excluding hydrogens is 386 g/mol. The summed E-state index contributed by atoms with van der Waals surface area (Å²) < 4.78 is 11.9. The molecule has 0 aliphatic rings. The average Bonchev–Trinajstić information content (AvgIpc) is 3.07. The van der Waals surface area contributed by atoms with Crippen molar-refractivity contribution in [3.8, 4) is 5.75 Å². The van der Waals surface area contributed by atoms with Gasteiger partial charge in [0.1, 0.15) is 12.3 Å². The number of aromatic nitrogens is 1. The van der Waals surface area contributed by atoms with Crippen LogP contribution >= 0.6 is 0 Å². The Bertz CT molecular complexity index is 1050. The molecule has 158 valence electrons. The zero-order valence-corrected chi connectivity index (χ0v) is 16.8. The lowest BCUT2D eigenvalue weighted by Crippen LogP contribution is -2.43. The van der Waals surface area contributed by atoms with Crippen molar-refractivity contribution in [1.82, 2.24) is 15.4 Å². The van der Waals surface area contributed by atoms with Crippen LogP contribution in [-0.4, -0.2) is 23.0 Å². The number of amides is 2. The molecule has 0 saturated heterocycles. The number of unbranched alkanes of at least 4 members (excludes halogenated alkanes) is 3. The van der Waals surface area contributed by atoms with Crippen LogP contribution < -0.4 is 21.3 Å². The first-order valence-corrected chi connectivity index (χ1v) is 9.99. The van der Waals surface area contributed by atoms with E-state index in [1.807, 2.05) is 0 Å². The van der Waals surface area contributed by atoms with E-state index in [0.29, 0.717) is 29.0 Å². The van der Waals surface area contributed by atoms with Crippen LogP contribution in [0.3, 0.4) is 0 Å². The number of benzene rings is 2. The summed E-state index contributed by atoms with van der Waals surface area (Å²) in [6, 6.07) is 13.5. The van der Waals surface area contributed by atoms with E-state index in [2.05, 4.69) is 17.8 Å². The summed E-state index contributed by atoms with van der Waals surface area (Å²) in [6.07, 6.45) is 4.50. The Morgan fingerprint density at radius 1 is 1.00 bits per heavy atom. The van der Waals surface area contributed by atoms with Gasteiger partial charge in [-0.15, -0.1) is 0 Å². The molecule has 0 unspecified atom stereocenters. The monoisotopic (exact) mass is 411 g/mol. The summed E-state index contributed by atoms with van der Waals surface area (Å²) in [4.78, 5) is 36.3. The van der Waals surface area contributed by atoms with Gasteiger partial charge in [0.15, 0.2) is 5.58 Å². The molecule has 2 aromatic carbocycles. The van der Waals surface area contributed by atoms with Crippen molar-refractivity contribution >= 4 is 22.9 Å². The molecule has 0 bridgehead atoms. The van der Waals surface area contributed by atoms with Gasteiger partial charge in [0.2, 0.25) is 0 Å². The van der Waals surface area contributed by atoms with Gasteiger partial charge < -0.3 is 9.15 Å². The van der Waals surface area contributed by atoms with E-state index in [1.165, 1.54) is 17.4 Å². The lowest BCUT2D eigenvalue weighted by atomic mass is 10.2. The molecule has 30 heavy (non-hydrogen) atoms. The number of para-hydroxylation sites is 2. The highest BCUT2D eigenvalue weighted by Crippen LogP contribution is 2.13. The van der Waals surface area contributed by atoms with Crippen LogP contribution in [0.25, 0.3) is 11.1 Å². The third-order valence-electron chi connectivity index (χ3n) is 4.57. The van der Waals surface area contributed by atoms with E-state index in [4.69, 9.17) is 9.15 Å². The van der Waals surface area contributed by atoms with Gasteiger partial charge in [0.25, 0.3) is 11.8 Å². The molecule has 0 atom stereocenters.